The molecule has 1 aromatic heterocycles. The highest BCUT2D eigenvalue weighted by atomic mass is 16.6. The van der Waals surface area contributed by atoms with Gasteiger partial charge in [0.25, 0.3) is 11.6 Å². The average molecular weight is 406 g/mol. The Bertz CT molecular complexity index is 1100. The van der Waals surface area contributed by atoms with Crippen molar-refractivity contribution < 1.29 is 9.72 Å². The first kappa shape index (κ1) is 21.2. The highest BCUT2D eigenvalue weighted by molar-refractivity contribution is 5.94. The predicted molar refractivity (Wildman–Crippen MR) is 117 cm³/mol. The second-order valence-corrected chi connectivity index (χ2v) is 7.91. The highest BCUT2D eigenvalue weighted by Crippen LogP contribution is 2.25. The number of aromatic nitrogens is 2. The van der Waals surface area contributed by atoms with Crippen molar-refractivity contribution in [3.05, 3.63) is 75.5 Å². The van der Waals surface area contributed by atoms with Gasteiger partial charge in [-0.3, -0.25) is 14.9 Å². The van der Waals surface area contributed by atoms with Crippen LogP contribution in [0.1, 0.15) is 42.4 Å². The molecule has 0 aliphatic rings. The third-order valence-corrected chi connectivity index (χ3v) is 5.39. The van der Waals surface area contributed by atoms with Gasteiger partial charge in [0.1, 0.15) is 5.69 Å². The molecule has 7 heteroatoms. The lowest BCUT2D eigenvalue weighted by atomic mass is 10.0. The number of amides is 1. The van der Waals surface area contributed by atoms with Crippen molar-refractivity contribution in [2.24, 2.45) is 5.92 Å². The third kappa shape index (κ3) is 4.40. The van der Waals surface area contributed by atoms with Crippen molar-refractivity contribution in [1.29, 1.82) is 0 Å². The molecule has 0 aliphatic carbocycles. The van der Waals surface area contributed by atoms with Gasteiger partial charge in [-0.2, -0.15) is 5.10 Å². The Balaban J connectivity index is 2.12. The summed E-state index contributed by atoms with van der Waals surface area (Å²) >= 11 is 0. The smallest absolute Gasteiger partial charge is 0.271 e. The third-order valence-electron chi connectivity index (χ3n) is 5.39. The fraction of sp³-hybridized carbons (Fsp3) is 0.304. The Hall–Kier alpha value is -3.48. The lowest BCUT2D eigenvalue weighted by molar-refractivity contribution is -0.384. The highest BCUT2D eigenvalue weighted by Gasteiger charge is 2.21. The number of hydrogen-bond donors (Lipinski definition) is 1. The van der Waals surface area contributed by atoms with Crippen molar-refractivity contribution in [2.45, 2.75) is 40.7 Å². The Morgan fingerprint density at radius 3 is 2.43 bits per heavy atom. The number of rotatable bonds is 6. The van der Waals surface area contributed by atoms with Gasteiger partial charge in [0.15, 0.2) is 0 Å². The van der Waals surface area contributed by atoms with E-state index in [0.717, 1.165) is 11.1 Å². The zero-order valence-corrected chi connectivity index (χ0v) is 17.8. The van der Waals surface area contributed by atoms with Crippen LogP contribution < -0.4 is 5.32 Å². The van der Waals surface area contributed by atoms with Crippen molar-refractivity contribution >= 4 is 11.6 Å². The number of aryl methyl sites for hydroxylation is 2. The summed E-state index contributed by atoms with van der Waals surface area (Å²) in [4.78, 5) is 23.8. The minimum atomic E-state index is -0.460. The number of hydrogen-bond acceptors (Lipinski definition) is 4. The van der Waals surface area contributed by atoms with Crippen molar-refractivity contribution in [3.8, 4) is 16.9 Å². The standard InChI is InChI=1S/C23H26N4O3/c1-14(2)17(5)24-23(28)22-13-21(18-10-9-15(3)16(4)11-18)25-26(22)19-7-6-8-20(12-19)27(29)30/h6-14,17H,1-5H3,(H,24,28). The fourth-order valence-electron chi connectivity index (χ4n) is 2.97. The van der Waals surface area contributed by atoms with Gasteiger partial charge in [-0.1, -0.05) is 32.0 Å². The molecule has 0 bridgehead atoms. The Morgan fingerprint density at radius 2 is 1.80 bits per heavy atom. The van der Waals surface area contributed by atoms with Crippen LogP contribution in [0, 0.1) is 29.9 Å². The van der Waals surface area contributed by atoms with Crippen molar-refractivity contribution in [1.82, 2.24) is 15.1 Å². The lowest BCUT2D eigenvalue weighted by Gasteiger charge is -2.17. The van der Waals surface area contributed by atoms with E-state index < -0.39 is 4.92 Å². The first-order valence-electron chi connectivity index (χ1n) is 9.90. The molecule has 0 saturated heterocycles. The summed E-state index contributed by atoms with van der Waals surface area (Å²) in [6, 6.07) is 13.8. The topological polar surface area (TPSA) is 90.1 Å². The first-order valence-corrected chi connectivity index (χ1v) is 9.90. The molecule has 156 valence electrons. The van der Waals surface area contributed by atoms with Crippen LogP contribution in [0.4, 0.5) is 5.69 Å². The van der Waals surface area contributed by atoms with Crippen LogP contribution in [0.15, 0.2) is 48.5 Å². The molecule has 0 aliphatic heterocycles. The number of nitrogens with one attached hydrogen (secondary N) is 1. The molecule has 7 nitrogen and oxygen atoms in total. The maximum atomic E-state index is 13.0. The number of carbonyl (C=O) groups is 1. The van der Waals surface area contributed by atoms with Crippen molar-refractivity contribution in [2.75, 3.05) is 0 Å². The van der Waals surface area contributed by atoms with E-state index in [1.807, 2.05) is 52.8 Å². The molecule has 1 unspecified atom stereocenters. The summed E-state index contributed by atoms with van der Waals surface area (Å²) in [6.45, 7) is 10.1. The summed E-state index contributed by atoms with van der Waals surface area (Å²) < 4.78 is 1.47. The molecule has 30 heavy (non-hydrogen) atoms. The van der Waals surface area contributed by atoms with Gasteiger partial charge in [0.2, 0.25) is 0 Å². The van der Waals surface area contributed by atoms with Gasteiger partial charge in [-0.25, -0.2) is 4.68 Å². The molecule has 1 atom stereocenters. The van der Waals surface area contributed by atoms with E-state index in [1.165, 1.54) is 22.4 Å². The second-order valence-electron chi connectivity index (χ2n) is 7.91. The fourth-order valence-corrected chi connectivity index (χ4v) is 2.97. The first-order chi connectivity index (χ1) is 14.2. The van der Waals surface area contributed by atoms with Gasteiger partial charge in [-0.15, -0.1) is 0 Å². The zero-order valence-electron chi connectivity index (χ0n) is 17.8. The summed E-state index contributed by atoms with van der Waals surface area (Å²) in [5, 5.41) is 18.8. The molecule has 0 fully saturated rings. The van der Waals surface area contributed by atoms with Crippen LogP contribution >= 0.6 is 0 Å². The Labute approximate surface area is 175 Å². The van der Waals surface area contributed by atoms with E-state index >= 15 is 0 Å². The summed E-state index contributed by atoms with van der Waals surface area (Å²) in [7, 11) is 0. The molecular formula is C23H26N4O3. The molecule has 1 heterocycles. The van der Waals surface area contributed by atoms with Crippen LogP contribution in [-0.4, -0.2) is 26.7 Å². The number of benzene rings is 2. The van der Waals surface area contributed by atoms with E-state index in [9.17, 15) is 14.9 Å². The molecule has 0 saturated carbocycles. The minimum absolute atomic E-state index is 0.0315. The molecule has 0 radical (unpaired) electrons. The number of nitrogens with zero attached hydrogens (tertiary/aromatic N) is 3. The molecular weight excluding hydrogens is 380 g/mol. The van der Waals surface area contributed by atoms with Gasteiger partial charge in [0.05, 0.1) is 16.3 Å². The van der Waals surface area contributed by atoms with Crippen LogP contribution in [0.5, 0.6) is 0 Å². The van der Waals surface area contributed by atoms with Gasteiger partial charge < -0.3 is 5.32 Å². The quantitative estimate of drug-likeness (QED) is 0.468. The molecule has 1 amide bonds. The molecule has 2 aromatic carbocycles. The van der Waals surface area contributed by atoms with E-state index in [1.54, 1.807) is 18.2 Å². The normalized spacial score (nSPS) is 12.1. The maximum absolute atomic E-state index is 13.0. The minimum Gasteiger partial charge on any atom is -0.348 e. The largest absolute Gasteiger partial charge is 0.348 e. The van der Waals surface area contributed by atoms with E-state index in [-0.39, 0.29) is 23.6 Å². The van der Waals surface area contributed by atoms with E-state index in [2.05, 4.69) is 10.4 Å². The second kappa shape index (κ2) is 8.49. The summed E-state index contributed by atoms with van der Waals surface area (Å²) in [5.74, 6) is -0.00681. The molecule has 1 N–H and O–H groups in total. The number of non-ortho nitro benzene ring substituents is 1. The Morgan fingerprint density at radius 1 is 1.07 bits per heavy atom. The predicted octanol–water partition coefficient (Wildman–Crippen LogP) is 4.84. The number of carbonyl (C=O) groups excluding carboxylic acids is 1. The Kier molecular flexibility index (Phi) is 6.01. The SMILES string of the molecule is Cc1ccc(-c2cc(C(=O)NC(C)C(C)C)n(-c3cccc([N+](=O)[O-])c3)n2)cc1C. The monoisotopic (exact) mass is 406 g/mol. The van der Waals surface area contributed by atoms with E-state index in [0.29, 0.717) is 17.1 Å². The van der Waals surface area contributed by atoms with Crippen molar-refractivity contribution in [3.63, 3.8) is 0 Å². The van der Waals surface area contributed by atoms with Gasteiger partial charge in [-0.05, 0) is 56.0 Å². The maximum Gasteiger partial charge on any atom is 0.271 e. The number of nitro groups is 1. The van der Waals surface area contributed by atoms with Gasteiger partial charge >= 0.3 is 0 Å². The summed E-state index contributed by atoms with van der Waals surface area (Å²) in [6.07, 6.45) is 0. The number of nitro benzene ring substituents is 1. The lowest BCUT2D eigenvalue weighted by Crippen LogP contribution is -2.37. The van der Waals surface area contributed by atoms with Crippen LogP contribution in [0.25, 0.3) is 16.9 Å². The van der Waals surface area contributed by atoms with E-state index in [4.69, 9.17) is 0 Å². The van der Waals surface area contributed by atoms with Gasteiger partial charge in [0, 0.05) is 23.7 Å². The van der Waals surface area contributed by atoms with Crippen LogP contribution in [0.3, 0.4) is 0 Å². The molecule has 3 rings (SSSR count). The zero-order chi connectivity index (χ0) is 22.0. The average Bonchev–Trinajstić information content (AvgIpc) is 3.15. The summed E-state index contributed by atoms with van der Waals surface area (Å²) in [5.41, 5.74) is 4.54. The van der Waals surface area contributed by atoms with Crippen LogP contribution in [-0.2, 0) is 0 Å². The van der Waals surface area contributed by atoms with Crippen LogP contribution in [0.2, 0.25) is 0 Å². The molecule has 3 aromatic rings. The molecule has 0 spiro atoms.